The summed E-state index contributed by atoms with van der Waals surface area (Å²) in [6.45, 7) is 4.81. The van der Waals surface area contributed by atoms with Crippen molar-refractivity contribution in [2.24, 2.45) is 0 Å². The Bertz CT molecular complexity index is 694. The first-order valence-electron chi connectivity index (χ1n) is 8.09. The number of carbonyl (C=O) groups excluding carboxylic acids is 2. The van der Waals surface area contributed by atoms with Crippen LogP contribution in [0.1, 0.15) is 39.2 Å². The maximum Gasteiger partial charge on any atom is 0.408 e. The normalized spacial score (nSPS) is 12.0. The number of nitrogens with one attached hydrogen (secondary N) is 1. The van der Waals surface area contributed by atoms with Gasteiger partial charge in [0.05, 0.1) is 4.92 Å². The number of hydrogen-bond donors (Lipinski definition) is 2. The highest BCUT2D eigenvalue weighted by Gasteiger charge is 2.24. The summed E-state index contributed by atoms with van der Waals surface area (Å²) in [7, 11) is 0. The Balaban J connectivity index is 2.46. The SMILES string of the molecule is CC(C)(C)OC(=O)N[C@H](CCC(=O)OCc1ccc([N+](=O)[O-])cc1)C(=O)O. The number of aliphatic carboxylic acids is 1. The largest absolute Gasteiger partial charge is 0.480 e. The number of carboxylic acid groups (broad SMARTS) is 1. The molecule has 148 valence electrons. The minimum Gasteiger partial charge on any atom is -0.480 e. The van der Waals surface area contributed by atoms with E-state index in [9.17, 15) is 24.5 Å². The number of carbonyl (C=O) groups is 3. The molecule has 0 aliphatic carbocycles. The first kappa shape index (κ1) is 21.9. The summed E-state index contributed by atoms with van der Waals surface area (Å²) in [6.07, 6.45) is -1.30. The zero-order valence-corrected chi connectivity index (χ0v) is 15.3. The Morgan fingerprint density at radius 2 is 1.81 bits per heavy atom. The fourth-order valence-electron chi connectivity index (χ4n) is 1.92. The van der Waals surface area contributed by atoms with E-state index in [0.29, 0.717) is 5.56 Å². The lowest BCUT2D eigenvalue weighted by Crippen LogP contribution is -2.43. The van der Waals surface area contributed by atoms with Crippen molar-refractivity contribution in [2.75, 3.05) is 0 Å². The van der Waals surface area contributed by atoms with Gasteiger partial charge in [-0.25, -0.2) is 9.59 Å². The quantitative estimate of drug-likeness (QED) is 0.396. The summed E-state index contributed by atoms with van der Waals surface area (Å²) in [5, 5.41) is 21.9. The molecule has 0 aromatic heterocycles. The molecule has 0 fully saturated rings. The van der Waals surface area contributed by atoms with Crippen LogP contribution in [0.3, 0.4) is 0 Å². The summed E-state index contributed by atoms with van der Waals surface area (Å²) >= 11 is 0. The molecule has 0 bridgehead atoms. The Morgan fingerprint density at radius 3 is 2.30 bits per heavy atom. The van der Waals surface area contributed by atoms with Crippen LogP contribution in [0, 0.1) is 10.1 Å². The Labute approximate surface area is 155 Å². The number of nitrogens with zero attached hydrogens (tertiary/aromatic N) is 1. The monoisotopic (exact) mass is 382 g/mol. The standard InChI is InChI=1S/C17H22N2O8/c1-17(2,3)27-16(23)18-13(15(21)22)8-9-14(20)26-10-11-4-6-12(7-5-11)19(24)25/h4-7,13H,8-10H2,1-3H3,(H,18,23)(H,21,22)/t13-/m1/s1. The van der Waals surface area contributed by atoms with Gasteiger partial charge in [-0.1, -0.05) is 0 Å². The lowest BCUT2D eigenvalue weighted by molar-refractivity contribution is -0.384. The summed E-state index contributed by atoms with van der Waals surface area (Å²) in [6, 6.07) is 4.18. The number of non-ortho nitro benzene ring substituents is 1. The van der Waals surface area contributed by atoms with Crippen LogP contribution in [0.2, 0.25) is 0 Å². The van der Waals surface area contributed by atoms with Gasteiger partial charge in [0, 0.05) is 18.6 Å². The molecule has 10 heteroatoms. The van der Waals surface area contributed by atoms with Crippen LogP contribution < -0.4 is 5.32 Å². The van der Waals surface area contributed by atoms with E-state index in [1.807, 2.05) is 0 Å². The van der Waals surface area contributed by atoms with Crippen molar-refractivity contribution in [1.82, 2.24) is 5.32 Å². The topological polar surface area (TPSA) is 145 Å². The van der Waals surface area contributed by atoms with Crippen molar-refractivity contribution in [3.05, 3.63) is 39.9 Å². The van der Waals surface area contributed by atoms with Gasteiger partial charge in [-0.05, 0) is 44.9 Å². The molecule has 0 radical (unpaired) electrons. The molecule has 10 nitrogen and oxygen atoms in total. The Morgan fingerprint density at radius 1 is 1.22 bits per heavy atom. The zero-order valence-electron chi connectivity index (χ0n) is 15.3. The van der Waals surface area contributed by atoms with Crippen LogP contribution in [-0.4, -0.2) is 39.7 Å². The molecule has 0 spiro atoms. The first-order valence-corrected chi connectivity index (χ1v) is 8.09. The number of nitro groups is 1. The highest BCUT2D eigenvalue weighted by Crippen LogP contribution is 2.13. The van der Waals surface area contributed by atoms with Crippen LogP contribution in [0.15, 0.2) is 24.3 Å². The molecule has 1 atom stereocenters. The molecule has 1 rings (SSSR count). The summed E-state index contributed by atoms with van der Waals surface area (Å²) in [5.41, 5.74) is -0.310. The van der Waals surface area contributed by atoms with E-state index >= 15 is 0 Å². The highest BCUT2D eigenvalue weighted by molar-refractivity contribution is 5.80. The number of benzene rings is 1. The van der Waals surface area contributed by atoms with Gasteiger partial charge in [0.15, 0.2) is 0 Å². The average Bonchev–Trinajstić information content (AvgIpc) is 2.55. The van der Waals surface area contributed by atoms with Gasteiger partial charge in [-0.2, -0.15) is 0 Å². The minimum atomic E-state index is -1.30. The second kappa shape index (κ2) is 9.51. The molecule has 0 saturated carbocycles. The number of carboxylic acids is 1. The van der Waals surface area contributed by atoms with E-state index in [1.54, 1.807) is 20.8 Å². The second-order valence-corrected chi connectivity index (χ2v) is 6.66. The summed E-state index contributed by atoms with van der Waals surface area (Å²) in [4.78, 5) is 44.6. The maximum absolute atomic E-state index is 11.8. The van der Waals surface area contributed by atoms with Crippen LogP contribution in [-0.2, 0) is 25.7 Å². The Kier molecular flexibility index (Phi) is 7.70. The third kappa shape index (κ3) is 8.66. The fraction of sp³-hybridized carbons (Fsp3) is 0.471. The third-order valence-corrected chi connectivity index (χ3v) is 3.17. The number of hydrogen-bond acceptors (Lipinski definition) is 7. The smallest absolute Gasteiger partial charge is 0.408 e. The molecule has 27 heavy (non-hydrogen) atoms. The lowest BCUT2D eigenvalue weighted by atomic mass is 10.1. The van der Waals surface area contributed by atoms with Crippen LogP contribution in [0.5, 0.6) is 0 Å². The van der Waals surface area contributed by atoms with E-state index < -0.39 is 34.6 Å². The molecule has 0 aliphatic heterocycles. The lowest BCUT2D eigenvalue weighted by Gasteiger charge is -2.21. The van der Waals surface area contributed by atoms with Crippen molar-refractivity contribution < 1.29 is 33.9 Å². The number of amides is 1. The molecule has 0 unspecified atom stereocenters. The second-order valence-electron chi connectivity index (χ2n) is 6.66. The summed E-state index contributed by atoms with van der Waals surface area (Å²) < 4.78 is 9.98. The van der Waals surface area contributed by atoms with Gasteiger partial charge in [0.2, 0.25) is 0 Å². The number of nitro benzene ring substituents is 1. The number of esters is 1. The fourth-order valence-corrected chi connectivity index (χ4v) is 1.92. The van der Waals surface area contributed by atoms with E-state index in [1.165, 1.54) is 24.3 Å². The van der Waals surface area contributed by atoms with Crippen LogP contribution >= 0.6 is 0 Å². The predicted molar refractivity (Wildman–Crippen MR) is 92.9 cm³/mol. The Hall–Kier alpha value is -3.17. The molecule has 0 heterocycles. The zero-order chi connectivity index (χ0) is 20.6. The number of ether oxygens (including phenoxy) is 2. The van der Waals surface area contributed by atoms with Gasteiger partial charge in [-0.3, -0.25) is 14.9 Å². The van der Waals surface area contributed by atoms with E-state index in [4.69, 9.17) is 14.6 Å². The summed E-state index contributed by atoms with van der Waals surface area (Å²) in [5.74, 6) is -1.96. The first-order chi connectivity index (χ1) is 12.5. The minimum absolute atomic E-state index is 0.0809. The molecule has 1 aromatic rings. The van der Waals surface area contributed by atoms with Gasteiger partial charge in [0.1, 0.15) is 18.2 Å². The van der Waals surface area contributed by atoms with E-state index in [2.05, 4.69) is 5.32 Å². The molecular formula is C17H22N2O8. The van der Waals surface area contributed by atoms with Crippen LogP contribution in [0.25, 0.3) is 0 Å². The third-order valence-electron chi connectivity index (χ3n) is 3.17. The van der Waals surface area contributed by atoms with Crippen molar-refractivity contribution in [1.29, 1.82) is 0 Å². The van der Waals surface area contributed by atoms with Crippen LogP contribution in [0.4, 0.5) is 10.5 Å². The van der Waals surface area contributed by atoms with Gasteiger partial charge < -0.3 is 19.9 Å². The van der Waals surface area contributed by atoms with E-state index in [0.717, 1.165) is 0 Å². The van der Waals surface area contributed by atoms with Gasteiger partial charge in [-0.15, -0.1) is 0 Å². The van der Waals surface area contributed by atoms with E-state index in [-0.39, 0.29) is 25.1 Å². The van der Waals surface area contributed by atoms with Crippen molar-refractivity contribution in [2.45, 2.75) is 51.9 Å². The van der Waals surface area contributed by atoms with Crippen molar-refractivity contribution in [3.8, 4) is 0 Å². The highest BCUT2D eigenvalue weighted by atomic mass is 16.6. The average molecular weight is 382 g/mol. The van der Waals surface area contributed by atoms with Crippen molar-refractivity contribution >= 4 is 23.7 Å². The number of rotatable bonds is 8. The molecule has 0 saturated heterocycles. The molecule has 0 aliphatic rings. The van der Waals surface area contributed by atoms with Gasteiger partial charge >= 0.3 is 18.0 Å². The number of alkyl carbamates (subject to hydrolysis) is 1. The molecule has 1 aromatic carbocycles. The van der Waals surface area contributed by atoms with Crippen molar-refractivity contribution in [3.63, 3.8) is 0 Å². The molecular weight excluding hydrogens is 360 g/mol. The molecule has 1 amide bonds. The maximum atomic E-state index is 11.8. The predicted octanol–water partition coefficient (Wildman–Crippen LogP) is 2.40. The van der Waals surface area contributed by atoms with Gasteiger partial charge in [0.25, 0.3) is 5.69 Å². The molecule has 2 N–H and O–H groups in total.